The van der Waals surface area contributed by atoms with E-state index in [4.69, 9.17) is 0 Å². The van der Waals surface area contributed by atoms with Gasteiger partial charge in [0.2, 0.25) is 0 Å². The molecule has 0 radical (unpaired) electrons. The van der Waals surface area contributed by atoms with Gasteiger partial charge >= 0.3 is 0 Å². The summed E-state index contributed by atoms with van der Waals surface area (Å²) in [4.78, 5) is 2.37. The van der Waals surface area contributed by atoms with Gasteiger partial charge in [0.1, 0.15) is 0 Å². The highest BCUT2D eigenvalue weighted by molar-refractivity contribution is 5.53. The van der Waals surface area contributed by atoms with Crippen molar-refractivity contribution in [3.63, 3.8) is 0 Å². The molecule has 23 heavy (non-hydrogen) atoms. The van der Waals surface area contributed by atoms with Crippen molar-refractivity contribution in [3.8, 4) is 0 Å². The third-order valence-corrected chi connectivity index (χ3v) is 4.59. The highest BCUT2D eigenvalue weighted by atomic mass is 16.3. The summed E-state index contributed by atoms with van der Waals surface area (Å²) in [5, 5.41) is 13.0. The Kier molecular flexibility index (Phi) is 5.67. The third kappa shape index (κ3) is 4.57. The first-order valence-electron chi connectivity index (χ1n) is 8.57. The highest BCUT2D eigenvalue weighted by Crippen LogP contribution is 2.24. The molecule has 1 heterocycles. The Bertz CT molecular complexity index is 600. The first-order chi connectivity index (χ1) is 11.3. The van der Waals surface area contributed by atoms with Crippen molar-refractivity contribution in [3.05, 3.63) is 65.7 Å². The van der Waals surface area contributed by atoms with Crippen LogP contribution in [0.25, 0.3) is 0 Å². The van der Waals surface area contributed by atoms with E-state index in [2.05, 4.69) is 64.8 Å². The van der Waals surface area contributed by atoms with Crippen molar-refractivity contribution in [2.75, 3.05) is 31.6 Å². The minimum Gasteiger partial charge on any atom is -0.395 e. The van der Waals surface area contributed by atoms with Gasteiger partial charge in [-0.05, 0) is 36.5 Å². The highest BCUT2D eigenvalue weighted by Gasteiger charge is 2.19. The van der Waals surface area contributed by atoms with Gasteiger partial charge in [0, 0.05) is 31.4 Å². The van der Waals surface area contributed by atoms with Crippen LogP contribution >= 0.6 is 0 Å². The molecule has 2 N–H and O–H groups in total. The summed E-state index contributed by atoms with van der Waals surface area (Å²) in [7, 11) is 0. The molecule has 0 spiro atoms. The van der Waals surface area contributed by atoms with E-state index >= 15 is 0 Å². The molecule has 122 valence electrons. The molecule has 0 fully saturated rings. The van der Waals surface area contributed by atoms with Gasteiger partial charge in [-0.2, -0.15) is 0 Å². The van der Waals surface area contributed by atoms with Gasteiger partial charge in [0.25, 0.3) is 0 Å². The Morgan fingerprint density at radius 3 is 2.61 bits per heavy atom. The van der Waals surface area contributed by atoms with E-state index in [0.717, 1.165) is 38.9 Å². The van der Waals surface area contributed by atoms with Crippen molar-refractivity contribution >= 4 is 5.69 Å². The van der Waals surface area contributed by atoms with E-state index < -0.39 is 0 Å². The molecule has 2 aromatic carbocycles. The monoisotopic (exact) mass is 310 g/mol. The Hall–Kier alpha value is -1.84. The predicted octanol–water partition coefficient (Wildman–Crippen LogP) is 2.95. The van der Waals surface area contributed by atoms with Crippen LogP contribution in [-0.2, 0) is 12.8 Å². The van der Waals surface area contributed by atoms with Gasteiger partial charge in [-0.1, -0.05) is 48.5 Å². The summed E-state index contributed by atoms with van der Waals surface area (Å²) in [5.74, 6) is 0. The Labute approximate surface area is 139 Å². The molecule has 1 aliphatic rings. The summed E-state index contributed by atoms with van der Waals surface area (Å²) in [6.45, 7) is 2.94. The quantitative estimate of drug-likeness (QED) is 0.825. The van der Waals surface area contributed by atoms with Gasteiger partial charge in [0.05, 0.1) is 6.61 Å². The van der Waals surface area contributed by atoms with Crippen molar-refractivity contribution in [2.45, 2.75) is 25.3 Å². The molecule has 3 rings (SSSR count). The van der Waals surface area contributed by atoms with Crippen LogP contribution in [0.3, 0.4) is 0 Å². The molecule has 0 saturated heterocycles. The molecule has 0 bridgehead atoms. The van der Waals surface area contributed by atoms with Crippen molar-refractivity contribution in [2.24, 2.45) is 0 Å². The van der Waals surface area contributed by atoms with Crippen molar-refractivity contribution in [1.29, 1.82) is 0 Å². The largest absolute Gasteiger partial charge is 0.395 e. The maximum atomic E-state index is 9.36. The lowest BCUT2D eigenvalue weighted by Gasteiger charge is -2.32. The maximum Gasteiger partial charge on any atom is 0.0558 e. The van der Waals surface area contributed by atoms with Gasteiger partial charge in [-0.15, -0.1) is 0 Å². The lowest BCUT2D eigenvalue weighted by molar-refractivity contribution is 0.190. The fraction of sp³-hybridized carbons (Fsp3) is 0.400. The molecule has 3 heteroatoms. The number of anilines is 1. The molecule has 0 unspecified atom stereocenters. The molecule has 2 aromatic rings. The lowest BCUT2D eigenvalue weighted by atomic mass is 9.97. The molecule has 3 nitrogen and oxygen atoms in total. The van der Waals surface area contributed by atoms with Crippen molar-refractivity contribution in [1.82, 2.24) is 4.90 Å². The molecular formula is C20H26N2O. The number of aliphatic hydroxyl groups excluding tert-OH is 1. The number of nitrogens with one attached hydrogen (secondary N) is 1. The average Bonchev–Trinajstić information content (AvgIpc) is 2.61. The van der Waals surface area contributed by atoms with Gasteiger partial charge in [-0.3, -0.25) is 4.90 Å². The van der Waals surface area contributed by atoms with Crippen LogP contribution in [0.2, 0.25) is 0 Å². The van der Waals surface area contributed by atoms with Crippen LogP contribution in [0.4, 0.5) is 5.69 Å². The zero-order chi connectivity index (χ0) is 15.9. The average molecular weight is 310 g/mol. The predicted molar refractivity (Wildman–Crippen MR) is 95.8 cm³/mol. The zero-order valence-corrected chi connectivity index (χ0v) is 13.6. The smallest absolute Gasteiger partial charge is 0.0558 e. The SMILES string of the molecule is OCCN(CCc1ccccc1)C[C@H]1CCc2ccccc2N1. The number of rotatable bonds is 7. The summed E-state index contributed by atoms with van der Waals surface area (Å²) < 4.78 is 0. The van der Waals surface area contributed by atoms with E-state index in [-0.39, 0.29) is 6.61 Å². The number of aliphatic hydroxyl groups is 1. The fourth-order valence-corrected chi connectivity index (χ4v) is 3.32. The van der Waals surface area contributed by atoms with E-state index in [1.807, 2.05) is 0 Å². The van der Waals surface area contributed by atoms with Gasteiger partial charge in [0.15, 0.2) is 0 Å². The minimum atomic E-state index is 0.220. The van der Waals surface area contributed by atoms with Gasteiger partial charge in [-0.25, -0.2) is 0 Å². The number of para-hydroxylation sites is 1. The van der Waals surface area contributed by atoms with E-state index in [9.17, 15) is 5.11 Å². The number of fused-ring (bicyclic) bond motifs is 1. The van der Waals surface area contributed by atoms with Crippen LogP contribution in [-0.4, -0.2) is 42.3 Å². The molecule has 0 amide bonds. The minimum absolute atomic E-state index is 0.220. The molecule has 1 atom stereocenters. The van der Waals surface area contributed by atoms with Crippen LogP contribution < -0.4 is 5.32 Å². The fourth-order valence-electron chi connectivity index (χ4n) is 3.32. The van der Waals surface area contributed by atoms with Crippen LogP contribution in [0.1, 0.15) is 17.5 Å². The number of hydrogen-bond acceptors (Lipinski definition) is 3. The Morgan fingerprint density at radius 2 is 1.78 bits per heavy atom. The van der Waals surface area contributed by atoms with Crippen LogP contribution in [0, 0.1) is 0 Å². The Morgan fingerprint density at radius 1 is 1.00 bits per heavy atom. The second-order valence-electron chi connectivity index (χ2n) is 6.30. The normalized spacial score (nSPS) is 16.9. The topological polar surface area (TPSA) is 35.5 Å². The van der Waals surface area contributed by atoms with Crippen LogP contribution in [0.5, 0.6) is 0 Å². The zero-order valence-electron chi connectivity index (χ0n) is 13.6. The van der Waals surface area contributed by atoms with E-state index in [1.165, 1.54) is 16.8 Å². The van der Waals surface area contributed by atoms with Crippen LogP contribution in [0.15, 0.2) is 54.6 Å². The third-order valence-electron chi connectivity index (χ3n) is 4.59. The summed E-state index contributed by atoms with van der Waals surface area (Å²) >= 11 is 0. The first-order valence-corrected chi connectivity index (χ1v) is 8.57. The van der Waals surface area contributed by atoms with Crippen molar-refractivity contribution < 1.29 is 5.11 Å². The number of benzene rings is 2. The molecular weight excluding hydrogens is 284 g/mol. The standard InChI is InChI=1S/C20H26N2O/c23-15-14-22(13-12-17-6-2-1-3-7-17)16-19-11-10-18-8-4-5-9-20(18)21-19/h1-9,19,21,23H,10-16H2/t19-/m1/s1. The molecule has 1 aliphatic heterocycles. The number of nitrogens with zero attached hydrogens (tertiary/aromatic N) is 1. The second kappa shape index (κ2) is 8.14. The van der Waals surface area contributed by atoms with E-state index in [1.54, 1.807) is 0 Å². The maximum absolute atomic E-state index is 9.36. The second-order valence-corrected chi connectivity index (χ2v) is 6.30. The number of aryl methyl sites for hydroxylation is 1. The van der Waals surface area contributed by atoms with Gasteiger partial charge < -0.3 is 10.4 Å². The summed E-state index contributed by atoms with van der Waals surface area (Å²) in [6, 6.07) is 19.6. The summed E-state index contributed by atoms with van der Waals surface area (Å²) in [5.41, 5.74) is 4.05. The molecule has 0 aromatic heterocycles. The first kappa shape index (κ1) is 16.0. The molecule has 0 aliphatic carbocycles. The number of hydrogen-bond donors (Lipinski definition) is 2. The van der Waals surface area contributed by atoms with E-state index in [0.29, 0.717) is 6.04 Å². The Balaban J connectivity index is 1.55. The lowest BCUT2D eigenvalue weighted by Crippen LogP contribution is -2.41. The molecule has 0 saturated carbocycles. The summed E-state index contributed by atoms with van der Waals surface area (Å²) in [6.07, 6.45) is 3.33.